The van der Waals surface area contributed by atoms with Crippen LogP contribution < -0.4 is 0 Å². The number of ketones is 4. The normalized spacial score (nSPS) is 35.8. The molecular weight excluding hydrogens is 770 g/mol. The molecule has 3 aliphatic heterocycles. The molecule has 2 aromatic carbocycles. The van der Waals surface area contributed by atoms with Gasteiger partial charge in [-0.25, -0.2) is 0 Å². The van der Waals surface area contributed by atoms with E-state index in [0.717, 1.165) is 7.11 Å². The molecule has 2 aliphatic carbocycles. The average molecular weight is 824 g/mol. The highest BCUT2D eigenvalue weighted by Gasteiger charge is 2.56. The smallest absolute Gasteiger partial charge is 0.316 e. The predicted octanol–water partition coefficient (Wildman–Crippen LogP) is 2.80. The van der Waals surface area contributed by atoms with Crippen molar-refractivity contribution in [2.75, 3.05) is 21.2 Å². The molecule has 0 bridgehead atoms. The second-order valence-corrected chi connectivity index (χ2v) is 16.9. The molecule has 0 amide bonds. The SMILES string of the molecule is COC(=O)[C@@H]1c2cc3c(c(O)c2C([C@H]2C[C@H](N(C)C)[C@H](O[C@H]4C[C@H](O)[C@H](O[C@H]5CCC(=O)[C@@H](C)O5)[C@H](C)O4)[C@H](C)O2)C[C@]1(O)CC(C)=O)C(=O)c1cccc(O)c1C3=O. The molecule has 3 saturated heterocycles. The van der Waals surface area contributed by atoms with Gasteiger partial charge in [0.2, 0.25) is 0 Å². The van der Waals surface area contributed by atoms with Crippen LogP contribution in [0.4, 0.5) is 0 Å². The fraction of sp³-hybridized carbons (Fsp3) is 0.605. The van der Waals surface area contributed by atoms with Crippen LogP contribution in [0.1, 0.15) is 121 Å². The van der Waals surface area contributed by atoms with E-state index in [-0.39, 0.29) is 64.5 Å². The summed E-state index contributed by atoms with van der Waals surface area (Å²) in [4.78, 5) is 68.3. The van der Waals surface area contributed by atoms with Gasteiger partial charge in [0.15, 0.2) is 29.9 Å². The van der Waals surface area contributed by atoms with Gasteiger partial charge in [-0.1, -0.05) is 12.1 Å². The standard InChI is InChI=1S/C43H53NO15/c1-18(45)16-43(53)17-25(33-23(36(43)42(52)54-7)13-24-35(39(33)51)37(49)22-9-8-10-28(47)34(22)38(24)50)30-14-26(44(5)6)40(20(3)55-30)59-32-15-29(48)41(21(4)57-32)58-31-12-11-27(46)19(2)56-31/h8-10,13,19-21,25-26,29-32,36,40-41,47-48,51,53H,11-12,14-17H2,1-7H3/t19-,20+,21+,25?,26+,29+,30-,31+,32+,36+,40-,41-,43-/m1/s1. The lowest BCUT2D eigenvalue weighted by Crippen LogP contribution is -2.59. The zero-order valence-corrected chi connectivity index (χ0v) is 34.2. The average Bonchev–Trinajstić information content (AvgIpc) is 3.16. The number of likely N-dealkylation sites (N-methyl/N-ethyl adjacent to an activating group) is 1. The first kappa shape index (κ1) is 43.0. The quantitative estimate of drug-likeness (QED) is 0.228. The Labute approximate surface area is 341 Å². The van der Waals surface area contributed by atoms with Crippen molar-refractivity contribution in [1.82, 2.24) is 4.90 Å². The molecule has 16 heteroatoms. The van der Waals surface area contributed by atoms with Crippen LogP contribution in [0.25, 0.3) is 0 Å². The summed E-state index contributed by atoms with van der Waals surface area (Å²) in [6, 6.07) is 4.95. The highest BCUT2D eigenvalue weighted by molar-refractivity contribution is 6.30. The monoisotopic (exact) mass is 823 g/mol. The Hall–Kier alpha value is -4.13. The van der Waals surface area contributed by atoms with Crippen LogP contribution in [0.2, 0.25) is 0 Å². The Morgan fingerprint density at radius 2 is 1.59 bits per heavy atom. The molecule has 13 atom stereocenters. The fourth-order valence-electron chi connectivity index (χ4n) is 9.91. The van der Waals surface area contributed by atoms with Crippen molar-refractivity contribution in [3.63, 3.8) is 0 Å². The Morgan fingerprint density at radius 3 is 2.24 bits per heavy atom. The van der Waals surface area contributed by atoms with Gasteiger partial charge in [-0.2, -0.15) is 0 Å². The zero-order chi connectivity index (χ0) is 42.8. The van der Waals surface area contributed by atoms with Crippen molar-refractivity contribution in [3.8, 4) is 11.5 Å². The summed E-state index contributed by atoms with van der Waals surface area (Å²) in [5.74, 6) is -6.32. The van der Waals surface area contributed by atoms with E-state index in [9.17, 15) is 44.4 Å². The van der Waals surface area contributed by atoms with Crippen molar-refractivity contribution in [3.05, 3.63) is 57.6 Å². The summed E-state index contributed by atoms with van der Waals surface area (Å²) in [5.41, 5.74) is -2.91. The van der Waals surface area contributed by atoms with E-state index in [2.05, 4.69) is 0 Å². The second-order valence-electron chi connectivity index (χ2n) is 16.9. The molecule has 5 aliphatic rings. The van der Waals surface area contributed by atoms with E-state index in [0.29, 0.717) is 12.8 Å². The third-order valence-corrected chi connectivity index (χ3v) is 12.7. The number of methoxy groups -OCH3 is 1. The molecule has 3 fully saturated rings. The number of carbonyl (C=O) groups excluding carboxylic acids is 5. The van der Waals surface area contributed by atoms with Crippen molar-refractivity contribution in [1.29, 1.82) is 0 Å². The lowest BCUT2D eigenvalue weighted by atomic mass is 9.62. The van der Waals surface area contributed by atoms with Gasteiger partial charge in [0, 0.05) is 54.3 Å². The van der Waals surface area contributed by atoms with Crippen LogP contribution in [0.5, 0.6) is 11.5 Å². The number of phenolic OH excluding ortho intramolecular Hbond substituents is 2. The Balaban J connectivity index is 1.21. The summed E-state index contributed by atoms with van der Waals surface area (Å²) >= 11 is 0. The topological polar surface area (TPSA) is 225 Å². The number of hydrogen-bond donors (Lipinski definition) is 4. The lowest BCUT2D eigenvalue weighted by molar-refractivity contribution is -0.313. The van der Waals surface area contributed by atoms with E-state index in [1.54, 1.807) is 20.8 Å². The fourth-order valence-corrected chi connectivity index (χ4v) is 9.91. The number of hydrogen-bond acceptors (Lipinski definition) is 16. The first-order valence-corrected chi connectivity index (χ1v) is 20.1. The van der Waals surface area contributed by atoms with Crippen LogP contribution in [0.15, 0.2) is 24.3 Å². The van der Waals surface area contributed by atoms with E-state index in [4.69, 9.17) is 28.4 Å². The lowest BCUT2D eigenvalue weighted by Gasteiger charge is -2.50. The van der Waals surface area contributed by atoms with E-state index < -0.39 is 114 Å². The first-order valence-electron chi connectivity index (χ1n) is 20.1. The summed E-state index contributed by atoms with van der Waals surface area (Å²) in [6.45, 7) is 6.50. The second kappa shape index (κ2) is 16.4. The largest absolute Gasteiger partial charge is 0.507 e. The highest BCUT2D eigenvalue weighted by Crippen LogP contribution is 2.55. The number of benzene rings is 2. The number of aliphatic hydroxyl groups excluding tert-OH is 1. The van der Waals surface area contributed by atoms with Gasteiger partial charge in [0.25, 0.3) is 0 Å². The minimum absolute atomic E-state index is 0.000752. The third-order valence-electron chi connectivity index (χ3n) is 12.7. The number of aliphatic hydroxyl groups is 2. The van der Waals surface area contributed by atoms with E-state index in [1.807, 2.05) is 19.0 Å². The molecule has 0 saturated carbocycles. The molecule has 3 heterocycles. The molecule has 2 aromatic rings. The Bertz CT molecular complexity index is 2020. The van der Waals surface area contributed by atoms with Gasteiger partial charge in [-0.15, -0.1) is 0 Å². The van der Waals surface area contributed by atoms with Gasteiger partial charge in [0.1, 0.15) is 41.5 Å². The minimum atomic E-state index is -2.07. The highest BCUT2D eigenvalue weighted by atomic mass is 16.7. The predicted molar refractivity (Wildman–Crippen MR) is 205 cm³/mol. The summed E-state index contributed by atoms with van der Waals surface area (Å²) in [5, 5.41) is 46.5. The van der Waals surface area contributed by atoms with Gasteiger partial charge in [-0.3, -0.25) is 24.0 Å². The molecule has 7 rings (SSSR count). The van der Waals surface area contributed by atoms with Crippen LogP contribution in [0.3, 0.4) is 0 Å². The van der Waals surface area contributed by atoms with Crippen LogP contribution in [-0.4, -0.2) is 143 Å². The third kappa shape index (κ3) is 7.74. The number of fused-ring (bicyclic) bond motifs is 3. The first-order chi connectivity index (χ1) is 27.8. The zero-order valence-electron chi connectivity index (χ0n) is 34.2. The number of Topliss-reactive ketones (excluding diaryl/α,β-unsaturated/α-hetero) is 2. The number of rotatable bonds is 9. The van der Waals surface area contributed by atoms with E-state index >= 15 is 0 Å². The Kier molecular flexibility index (Phi) is 11.9. The van der Waals surface area contributed by atoms with Crippen molar-refractivity contribution < 1.29 is 72.8 Å². The number of aromatic hydroxyl groups is 2. The van der Waals surface area contributed by atoms with Gasteiger partial charge in [0.05, 0.1) is 48.3 Å². The number of esters is 1. The van der Waals surface area contributed by atoms with Crippen LogP contribution in [-0.2, 0) is 42.8 Å². The molecule has 0 spiro atoms. The molecule has 16 nitrogen and oxygen atoms in total. The van der Waals surface area contributed by atoms with Crippen LogP contribution in [0, 0.1) is 0 Å². The van der Waals surface area contributed by atoms with Crippen molar-refractivity contribution in [2.45, 2.75) is 145 Å². The van der Waals surface area contributed by atoms with Gasteiger partial charge in [-0.05, 0) is 72.3 Å². The summed E-state index contributed by atoms with van der Waals surface area (Å²) in [7, 11) is 4.83. The summed E-state index contributed by atoms with van der Waals surface area (Å²) in [6.07, 6.45) is -6.29. The molecule has 0 aromatic heterocycles. The maximum atomic E-state index is 14.0. The van der Waals surface area contributed by atoms with Crippen molar-refractivity contribution in [2.24, 2.45) is 0 Å². The molecule has 320 valence electrons. The number of phenols is 2. The minimum Gasteiger partial charge on any atom is -0.507 e. The van der Waals surface area contributed by atoms with Crippen molar-refractivity contribution >= 4 is 29.1 Å². The number of carbonyl (C=O) groups is 5. The number of nitrogens with zero attached hydrogens (tertiary/aromatic N) is 1. The van der Waals surface area contributed by atoms with Gasteiger partial charge >= 0.3 is 5.97 Å². The maximum Gasteiger partial charge on any atom is 0.316 e. The number of ether oxygens (including phenoxy) is 6. The molecular formula is C43H53NO15. The molecule has 1 unspecified atom stereocenters. The molecule has 4 N–H and O–H groups in total. The van der Waals surface area contributed by atoms with Crippen LogP contribution >= 0.6 is 0 Å². The maximum absolute atomic E-state index is 14.0. The summed E-state index contributed by atoms with van der Waals surface area (Å²) < 4.78 is 36.4. The molecule has 0 radical (unpaired) electrons. The van der Waals surface area contributed by atoms with Gasteiger partial charge < -0.3 is 53.7 Å². The Morgan fingerprint density at radius 1 is 0.915 bits per heavy atom. The van der Waals surface area contributed by atoms with E-state index in [1.165, 1.54) is 31.2 Å². The molecule has 59 heavy (non-hydrogen) atoms.